The van der Waals surface area contributed by atoms with Crippen molar-refractivity contribution in [1.29, 1.82) is 0 Å². The zero-order valence-electron chi connectivity index (χ0n) is 8.65. The highest BCUT2D eigenvalue weighted by Gasteiger charge is 2.10. The molecule has 14 heavy (non-hydrogen) atoms. The van der Waals surface area contributed by atoms with Gasteiger partial charge in [-0.05, 0) is 18.1 Å². The van der Waals surface area contributed by atoms with Gasteiger partial charge in [0.15, 0.2) is 0 Å². The Balaban J connectivity index is 2.74. The molecule has 0 fully saturated rings. The molecule has 3 nitrogen and oxygen atoms in total. The molecule has 0 aromatic carbocycles. The Morgan fingerprint density at radius 1 is 1.43 bits per heavy atom. The van der Waals surface area contributed by atoms with E-state index in [0.717, 1.165) is 16.7 Å². The molecule has 0 aliphatic rings. The number of hydrogen-bond acceptors (Lipinski definition) is 2. The highest BCUT2D eigenvalue weighted by atomic mass is 16.3. The van der Waals surface area contributed by atoms with Gasteiger partial charge in [-0.3, -0.25) is 0 Å². The Morgan fingerprint density at radius 3 is 2.79 bits per heavy atom. The van der Waals surface area contributed by atoms with Crippen LogP contribution in [0.2, 0.25) is 0 Å². The first-order valence-electron chi connectivity index (χ1n) is 4.74. The van der Waals surface area contributed by atoms with E-state index in [4.69, 9.17) is 0 Å². The first-order valence-corrected chi connectivity index (χ1v) is 4.74. The summed E-state index contributed by atoms with van der Waals surface area (Å²) in [7, 11) is 1.95. The smallest absolute Gasteiger partial charge is 0.140 e. The van der Waals surface area contributed by atoms with Gasteiger partial charge < -0.3 is 9.67 Å². The second-order valence-corrected chi connectivity index (χ2v) is 3.89. The Kier molecular flexibility index (Phi) is 1.95. The predicted octanol–water partition coefficient (Wildman–Crippen LogP) is 2.40. The SMILES string of the molecule is CC(C)c1nc2c(ccn2C)cc1O. The van der Waals surface area contributed by atoms with Crippen molar-refractivity contribution in [3.8, 4) is 5.75 Å². The molecule has 3 heteroatoms. The molecule has 74 valence electrons. The van der Waals surface area contributed by atoms with Gasteiger partial charge in [0.25, 0.3) is 0 Å². The van der Waals surface area contributed by atoms with E-state index in [-0.39, 0.29) is 5.92 Å². The number of rotatable bonds is 1. The van der Waals surface area contributed by atoms with Crippen LogP contribution in [0.1, 0.15) is 25.5 Å². The number of fused-ring (bicyclic) bond motifs is 1. The van der Waals surface area contributed by atoms with Gasteiger partial charge >= 0.3 is 0 Å². The van der Waals surface area contributed by atoms with Crippen molar-refractivity contribution in [2.24, 2.45) is 7.05 Å². The molecule has 0 aliphatic carbocycles. The number of hydrogen-bond donors (Lipinski definition) is 1. The third-order valence-corrected chi connectivity index (χ3v) is 2.40. The lowest BCUT2D eigenvalue weighted by Gasteiger charge is -2.07. The first kappa shape index (κ1) is 9.06. The Labute approximate surface area is 83.0 Å². The minimum Gasteiger partial charge on any atom is -0.506 e. The van der Waals surface area contributed by atoms with Crippen LogP contribution in [0.4, 0.5) is 0 Å². The molecule has 0 bridgehead atoms. The summed E-state index contributed by atoms with van der Waals surface area (Å²) in [5, 5.41) is 10.7. The summed E-state index contributed by atoms with van der Waals surface area (Å²) in [6.45, 7) is 4.05. The normalized spacial score (nSPS) is 11.4. The molecule has 0 amide bonds. The average Bonchev–Trinajstić information content (AvgIpc) is 2.46. The fraction of sp³-hybridized carbons (Fsp3) is 0.364. The third-order valence-electron chi connectivity index (χ3n) is 2.40. The lowest BCUT2D eigenvalue weighted by atomic mass is 10.1. The van der Waals surface area contributed by atoms with Crippen LogP contribution in [-0.2, 0) is 7.05 Å². The molecule has 1 N–H and O–H groups in total. The molecule has 2 aromatic heterocycles. The van der Waals surface area contributed by atoms with Crippen molar-refractivity contribution in [2.45, 2.75) is 19.8 Å². The van der Waals surface area contributed by atoms with Crippen molar-refractivity contribution in [3.05, 3.63) is 24.0 Å². The van der Waals surface area contributed by atoms with Crippen LogP contribution in [0.5, 0.6) is 5.75 Å². The van der Waals surface area contributed by atoms with Gasteiger partial charge in [0.2, 0.25) is 0 Å². The van der Waals surface area contributed by atoms with E-state index in [0.29, 0.717) is 5.75 Å². The molecule has 0 saturated heterocycles. The van der Waals surface area contributed by atoms with Gasteiger partial charge in [0.1, 0.15) is 11.4 Å². The van der Waals surface area contributed by atoms with E-state index < -0.39 is 0 Å². The molecule has 0 unspecified atom stereocenters. The van der Waals surface area contributed by atoms with Crippen LogP contribution in [0, 0.1) is 0 Å². The van der Waals surface area contributed by atoms with E-state index >= 15 is 0 Å². The maximum atomic E-state index is 9.72. The molecular weight excluding hydrogens is 176 g/mol. The molecular formula is C11H14N2O. The molecule has 0 atom stereocenters. The Morgan fingerprint density at radius 2 is 2.14 bits per heavy atom. The molecule has 0 saturated carbocycles. The van der Waals surface area contributed by atoms with Crippen molar-refractivity contribution in [2.75, 3.05) is 0 Å². The minimum absolute atomic E-state index is 0.245. The summed E-state index contributed by atoms with van der Waals surface area (Å²) >= 11 is 0. The van der Waals surface area contributed by atoms with E-state index in [2.05, 4.69) is 4.98 Å². The summed E-state index contributed by atoms with van der Waals surface area (Å²) < 4.78 is 1.96. The Bertz CT molecular complexity index is 471. The predicted molar refractivity (Wildman–Crippen MR) is 56.5 cm³/mol. The Hall–Kier alpha value is -1.51. The summed E-state index contributed by atoms with van der Waals surface area (Å²) in [6, 6.07) is 3.73. The molecule has 2 rings (SSSR count). The van der Waals surface area contributed by atoms with Crippen molar-refractivity contribution >= 4 is 11.0 Å². The van der Waals surface area contributed by atoms with Gasteiger partial charge in [0.05, 0.1) is 5.69 Å². The molecule has 0 spiro atoms. The van der Waals surface area contributed by atoms with Gasteiger partial charge in [-0.25, -0.2) is 4.98 Å². The number of aryl methyl sites for hydroxylation is 1. The summed E-state index contributed by atoms with van der Waals surface area (Å²) in [6.07, 6.45) is 1.95. The summed E-state index contributed by atoms with van der Waals surface area (Å²) in [5.41, 5.74) is 1.69. The van der Waals surface area contributed by atoms with Gasteiger partial charge in [-0.15, -0.1) is 0 Å². The van der Waals surface area contributed by atoms with Crippen LogP contribution in [0.25, 0.3) is 11.0 Å². The van der Waals surface area contributed by atoms with Crippen LogP contribution in [-0.4, -0.2) is 14.7 Å². The average molecular weight is 190 g/mol. The number of aromatic nitrogens is 2. The largest absolute Gasteiger partial charge is 0.506 e. The van der Waals surface area contributed by atoms with Crippen LogP contribution in [0.3, 0.4) is 0 Å². The fourth-order valence-corrected chi connectivity index (χ4v) is 1.61. The highest BCUT2D eigenvalue weighted by Crippen LogP contribution is 2.27. The van der Waals surface area contributed by atoms with Crippen molar-refractivity contribution in [1.82, 2.24) is 9.55 Å². The topological polar surface area (TPSA) is 38.0 Å². The van der Waals surface area contributed by atoms with E-state index in [1.165, 1.54) is 0 Å². The highest BCUT2D eigenvalue weighted by molar-refractivity contribution is 5.78. The number of pyridine rings is 1. The first-order chi connectivity index (χ1) is 6.59. The molecule has 2 aromatic rings. The van der Waals surface area contributed by atoms with Crippen molar-refractivity contribution < 1.29 is 5.11 Å². The van der Waals surface area contributed by atoms with Crippen LogP contribution < -0.4 is 0 Å². The molecule has 2 heterocycles. The summed E-state index contributed by atoms with van der Waals surface area (Å²) in [4.78, 5) is 4.45. The zero-order valence-corrected chi connectivity index (χ0v) is 8.65. The monoisotopic (exact) mass is 190 g/mol. The van der Waals surface area contributed by atoms with Crippen LogP contribution in [0.15, 0.2) is 18.3 Å². The molecule has 0 aliphatic heterocycles. The van der Waals surface area contributed by atoms with Crippen LogP contribution >= 0.6 is 0 Å². The maximum absolute atomic E-state index is 9.72. The van der Waals surface area contributed by atoms with E-state index in [1.807, 2.05) is 37.7 Å². The third kappa shape index (κ3) is 1.25. The van der Waals surface area contributed by atoms with E-state index in [1.54, 1.807) is 6.07 Å². The summed E-state index contributed by atoms with van der Waals surface area (Å²) in [5.74, 6) is 0.535. The number of nitrogens with zero attached hydrogens (tertiary/aromatic N) is 2. The minimum atomic E-state index is 0.245. The van der Waals surface area contributed by atoms with Gasteiger partial charge in [0, 0.05) is 18.6 Å². The second-order valence-electron chi connectivity index (χ2n) is 3.89. The lowest BCUT2D eigenvalue weighted by molar-refractivity contribution is 0.461. The zero-order chi connectivity index (χ0) is 10.3. The second kappa shape index (κ2) is 3.01. The van der Waals surface area contributed by atoms with Gasteiger partial charge in [-0.1, -0.05) is 13.8 Å². The molecule has 0 radical (unpaired) electrons. The quantitative estimate of drug-likeness (QED) is 0.749. The standard InChI is InChI=1S/C11H14N2O/c1-7(2)10-9(14)6-8-4-5-13(3)11(8)12-10/h4-7,14H,1-3H3. The van der Waals surface area contributed by atoms with Crippen molar-refractivity contribution in [3.63, 3.8) is 0 Å². The van der Waals surface area contributed by atoms with Gasteiger partial charge in [-0.2, -0.15) is 0 Å². The maximum Gasteiger partial charge on any atom is 0.140 e. The lowest BCUT2D eigenvalue weighted by Crippen LogP contribution is -1.96. The fourth-order valence-electron chi connectivity index (χ4n) is 1.61. The van der Waals surface area contributed by atoms with E-state index in [9.17, 15) is 5.11 Å². The number of aromatic hydroxyl groups is 1.